The Hall–Kier alpha value is -2.95. The fourth-order valence-electron chi connectivity index (χ4n) is 3.47. The molecule has 0 saturated carbocycles. The average molecular weight is 367 g/mol. The molecule has 0 bridgehead atoms. The third kappa shape index (κ3) is 4.25. The second-order valence-electron chi connectivity index (χ2n) is 6.43. The maximum Gasteiger partial charge on any atom is 0.244 e. The number of aryl methyl sites for hydroxylation is 1. The van der Waals surface area contributed by atoms with E-state index in [-0.39, 0.29) is 11.9 Å². The van der Waals surface area contributed by atoms with E-state index in [1.807, 2.05) is 12.1 Å². The van der Waals surface area contributed by atoms with E-state index < -0.39 is 0 Å². The smallest absolute Gasteiger partial charge is 0.244 e. The van der Waals surface area contributed by atoms with Gasteiger partial charge in [0.15, 0.2) is 11.5 Å². The predicted octanol–water partition coefficient (Wildman–Crippen LogP) is 3.92. The molecule has 0 heterocycles. The maximum atomic E-state index is 12.5. The number of amides is 1. The lowest BCUT2D eigenvalue weighted by atomic mass is 9.88. The van der Waals surface area contributed by atoms with Gasteiger partial charge in [-0.1, -0.05) is 24.3 Å². The van der Waals surface area contributed by atoms with Crippen molar-refractivity contribution < 1.29 is 19.0 Å². The van der Waals surface area contributed by atoms with Crippen molar-refractivity contribution in [3.63, 3.8) is 0 Å². The van der Waals surface area contributed by atoms with Crippen molar-refractivity contribution in [1.82, 2.24) is 5.32 Å². The van der Waals surface area contributed by atoms with Crippen LogP contribution in [0.25, 0.3) is 6.08 Å². The van der Waals surface area contributed by atoms with Gasteiger partial charge in [-0.2, -0.15) is 0 Å². The van der Waals surface area contributed by atoms with Crippen molar-refractivity contribution >= 4 is 12.0 Å². The number of methoxy groups -OCH3 is 3. The minimum atomic E-state index is -0.131. The maximum absolute atomic E-state index is 12.5. The second kappa shape index (κ2) is 8.62. The Morgan fingerprint density at radius 3 is 2.48 bits per heavy atom. The Balaban J connectivity index is 1.76. The second-order valence-corrected chi connectivity index (χ2v) is 6.43. The molecular formula is C22H25NO4. The van der Waals surface area contributed by atoms with Gasteiger partial charge >= 0.3 is 0 Å². The summed E-state index contributed by atoms with van der Waals surface area (Å²) in [5, 5.41) is 3.11. The van der Waals surface area contributed by atoms with Gasteiger partial charge < -0.3 is 19.5 Å². The van der Waals surface area contributed by atoms with Crippen LogP contribution < -0.4 is 19.5 Å². The molecule has 3 rings (SSSR count). The number of benzene rings is 2. The highest BCUT2D eigenvalue weighted by atomic mass is 16.5. The molecule has 5 heteroatoms. The van der Waals surface area contributed by atoms with Crippen LogP contribution >= 0.6 is 0 Å². The topological polar surface area (TPSA) is 56.8 Å². The summed E-state index contributed by atoms with van der Waals surface area (Å²) in [6, 6.07) is 11.9. The van der Waals surface area contributed by atoms with Crippen LogP contribution in [0.1, 0.15) is 35.6 Å². The predicted molar refractivity (Wildman–Crippen MR) is 105 cm³/mol. The highest BCUT2D eigenvalue weighted by Crippen LogP contribution is 2.35. The third-order valence-corrected chi connectivity index (χ3v) is 4.84. The summed E-state index contributed by atoms with van der Waals surface area (Å²) < 4.78 is 16.0. The SMILES string of the molecule is COc1cc(OC)c(OC)cc1/C=C/C(=O)N[C@H]1CCCc2ccccc21. The lowest BCUT2D eigenvalue weighted by molar-refractivity contribution is -0.117. The molecule has 0 spiro atoms. The van der Waals surface area contributed by atoms with Crippen LogP contribution in [0, 0.1) is 0 Å². The van der Waals surface area contributed by atoms with E-state index in [1.165, 1.54) is 17.2 Å². The van der Waals surface area contributed by atoms with Crippen molar-refractivity contribution in [3.05, 3.63) is 59.2 Å². The summed E-state index contributed by atoms with van der Waals surface area (Å²) in [7, 11) is 4.73. The summed E-state index contributed by atoms with van der Waals surface area (Å²) in [6.07, 6.45) is 6.36. The first-order valence-corrected chi connectivity index (χ1v) is 9.02. The summed E-state index contributed by atoms with van der Waals surface area (Å²) in [5.41, 5.74) is 3.28. The van der Waals surface area contributed by atoms with E-state index in [4.69, 9.17) is 14.2 Å². The Kier molecular flexibility index (Phi) is 6.01. The highest BCUT2D eigenvalue weighted by molar-refractivity contribution is 5.92. The zero-order valence-electron chi connectivity index (χ0n) is 16.0. The molecule has 1 N–H and O–H groups in total. The Bertz CT molecular complexity index is 844. The third-order valence-electron chi connectivity index (χ3n) is 4.84. The number of carbonyl (C=O) groups is 1. The summed E-state index contributed by atoms with van der Waals surface area (Å²) in [4.78, 5) is 12.5. The van der Waals surface area contributed by atoms with Crippen LogP contribution in [-0.4, -0.2) is 27.2 Å². The molecule has 0 radical (unpaired) electrons. The van der Waals surface area contributed by atoms with Gasteiger partial charge in [-0.15, -0.1) is 0 Å². The van der Waals surface area contributed by atoms with Crippen LogP contribution in [0.3, 0.4) is 0 Å². The molecule has 142 valence electrons. The van der Waals surface area contributed by atoms with Gasteiger partial charge in [0.1, 0.15) is 5.75 Å². The van der Waals surface area contributed by atoms with Crippen LogP contribution in [0.2, 0.25) is 0 Å². The number of hydrogen-bond donors (Lipinski definition) is 1. The average Bonchev–Trinajstić information content (AvgIpc) is 2.71. The molecule has 27 heavy (non-hydrogen) atoms. The molecule has 1 aliphatic carbocycles. The van der Waals surface area contributed by atoms with E-state index in [0.717, 1.165) is 24.8 Å². The monoisotopic (exact) mass is 367 g/mol. The van der Waals surface area contributed by atoms with Gasteiger partial charge in [-0.05, 0) is 42.5 Å². The zero-order chi connectivity index (χ0) is 19.2. The van der Waals surface area contributed by atoms with E-state index in [9.17, 15) is 4.79 Å². The van der Waals surface area contributed by atoms with Crippen LogP contribution in [0.5, 0.6) is 17.2 Å². The zero-order valence-corrected chi connectivity index (χ0v) is 16.0. The van der Waals surface area contributed by atoms with Gasteiger partial charge in [-0.3, -0.25) is 4.79 Å². The molecule has 2 aromatic rings. The molecule has 0 aliphatic heterocycles. The van der Waals surface area contributed by atoms with Gasteiger partial charge in [0.25, 0.3) is 0 Å². The van der Waals surface area contributed by atoms with Crippen molar-refractivity contribution in [1.29, 1.82) is 0 Å². The highest BCUT2D eigenvalue weighted by Gasteiger charge is 2.20. The molecule has 5 nitrogen and oxygen atoms in total. The van der Waals surface area contributed by atoms with E-state index in [1.54, 1.807) is 39.5 Å². The fraction of sp³-hybridized carbons (Fsp3) is 0.318. The summed E-state index contributed by atoms with van der Waals surface area (Å²) >= 11 is 0. The molecule has 0 aromatic heterocycles. The molecular weight excluding hydrogens is 342 g/mol. The molecule has 1 amide bonds. The molecule has 1 aliphatic rings. The van der Waals surface area contributed by atoms with Crippen molar-refractivity contribution in [2.24, 2.45) is 0 Å². The first kappa shape index (κ1) is 18.8. The Morgan fingerprint density at radius 1 is 1.04 bits per heavy atom. The lowest BCUT2D eigenvalue weighted by Gasteiger charge is -2.25. The van der Waals surface area contributed by atoms with Crippen molar-refractivity contribution in [2.75, 3.05) is 21.3 Å². The van der Waals surface area contributed by atoms with Crippen LogP contribution in [0.4, 0.5) is 0 Å². The van der Waals surface area contributed by atoms with E-state index >= 15 is 0 Å². The van der Waals surface area contributed by atoms with Gasteiger partial charge in [0.2, 0.25) is 5.91 Å². The molecule has 0 fully saturated rings. The quantitative estimate of drug-likeness (QED) is 0.786. The fourth-order valence-corrected chi connectivity index (χ4v) is 3.47. The number of ether oxygens (including phenoxy) is 3. The number of nitrogens with one attached hydrogen (secondary N) is 1. The van der Waals surface area contributed by atoms with Gasteiger partial charge in [0.05, 0.1) is 27.4 Å². The first-order chi connectivity index (χ1) is 13.2. The minimum Gasteiger partial charge on any atom is -0.496 e. The minimum absolute atomic E-state index is 0.0550. The molecule has 0 saturated heterocycles. The van der Waals surface area contributed by atoms with E-state index in [0.29, 0.717) is 17.2 Å². The first-order valence-electron chi connectivity index (χ1n) is 9.02. The van der Waals surface area contributed by atoms with Crippen molar-refractivity contribution in [3.8, 4) is 17.2 Å². The van der Waals surface area contributed by atoms with Gasteiger partial charge in [-0.25, -0.2) is 0 Å². The number of carbonyl (C=O) groups excluding carboxylic acids is 1. The normalized spacial score (nSPS) is 15.9. The molecule has 0 unspecified atom stereocenters. The molecule has 1 atom stereocenters. The Labute approximate surface area is 159 Å². The lowest BCUT2D eigenvalue weighted by Crippen LogP contribution is -2.29. The number of fused-ring (bicyclic) bond motifs is 1. The summed E-state index contributed by atoms with van der Waals surface area (Å²) in [5.74, 6) is 1.64. The molecule has 2 aromatic carbocycles. The van der Waals surface area contributed by atoms with Crippen LogP contribution in [0.15, 0.2) is 42.5 Å². The summed E-state index contributed by atoms with van der Waals surface area (Å²) in [6.45, 7) is 0. The Morgan fingerprint density at radius 2 is 1.74 bits per heavy atom. The standard InChI is InChI=1S/C22H25NO4/c1-25-19-14-21(27-3)20(26-2)13-16(19)11-12-22(24)23-18-10-6-8-15-7-4-5-9-17(15)18/h4-5,7,9,11-14,18H,6,8,10H2,1-3H3,(H,23,24)/b12-11+/t18-/m0/s1. The largest absolute Gasteiger partial charge is 0.496 e. The van der Waals surface area contributed by atoms with Crippen LogP contribution in [-0.2, 0) is 11.2 Å². The number of hydrogen-bond acceptors (Lipinski definition) is 4. The van der Waals surface area contributed by atoms with Gasteiger partial charge in [0, 0.05) is 17.7 Å². The number of rotatable bonds is 6. The van der Waals surface area contributed by atoms with Crippen molar-refractivity contribution in [2.45, 2.75) is 25.3 Å². The van der Waals surface area contributed by atoms with E-state index in [2.05, 4.69) is 17.4 Å².